The second kappa shape index (κ2) is 7.39. The van der Waals surface area contributed by atoms with Crippen molar-refractivity contribution in [3.8, 4) is 0 Å². The van der Waals surface area contributed by atoms with Crippen LogP contribution < -0.4 is 10.6 Å². The number of aryl methyl sites for hydroxylation is 1. The Morgan fingerprint density at radius 2 is 1.72 bits per heavy atom. The molecule has 0 radical (unpaired) electrons. The Kier molecular flexibility index (Phi) is 4.48. The first-order valence-corrected chi connectivity index (χ1v) is 11.4. The lowest BCUT2D eigenvalue weighted by Gasteiger charge is -2.56. The Labute approximate surface area is 186 Å². The minimum absolute atomic E-state index is 0.138. The number of nitrogens with one attached hydrogen (secondary N) is 2. The van der Waals surface area contributed by atoms with Crippen LogP contribution in [0.25, 0.3) is 0 Å². The Morgan fingerprint density at radius 1 is 1.03 bits per heavy atom. The van der Waals surface area contributed by atoms with E-state index in [1.165, 1.54) is 44.9 Å². The lowest BCUT2D eigenvalue weighted by atomic mass is 9.53. The quantitative estimate of drug-likeness (QED) is 0.628. The fourth-order valence-corrected chi connectivity index (χ4v) is 6.53. The maximum atomic E-state index is 13.1. The van der Waals surface area contributed by atoms with Gasteiger partial charge in [0, 0.05) is 18.0 Å². The van der Waals surface area contributed by atoms with Gasteiger partial charge < -0.3 is 10.6 Å². The van der Waals surface area contributed by atoms with E-state index in [-0.39, 0.29) is 11.4 Å². The SMILES string of the molecule is Cc1ccc(Nc2cncnc2)c(C(=O)Nc2ccn(C34CC5CC(CC(C5)C3)C4)n2)n1. The van der Waals surface area contributed by atoms with Crippen LogP contribution in [0.15, 0.2) is 43.1 Å². The van der Waals surface area contributed by atoms with Gasteiger partial charge in [0.2, 0.25) is 0 Å². The second-order valence-electron chi connectivity index (χ2n) is 9.84. The molecule has 4 fully saturated rings. The van der Waals surface area contributed by atoms with Crippen molar-refractivity contribution in [1.29, 1.82) is 0 Å². The van der Waals surface area contributed by atoms with Crippen molar-refractivity contribution in [2.45, 2.75) is 51.0 Å². The fraction of sp³-hybridized carbons (Fsp3) is 0.458. The molecule has 0 atom stereocenters. The van der Waals surface area contributed by atoms with Crippen LogP contribution in [0.2, 0.25) is 0 Å². The highest BCUT2D eigenvalue weighted by atomic mass is 16.2. The minimum Gasteiger partial charge on any atom is -0.351 e. The molecule has 8 heteroatoms. The van der Waals surface area contributed by atoms with E-state index >= 15 is 0 Å². The van der Waals surface area contributed by atoms with E-state index in [0.29, 0.717) is 22.9 Å². The highest BCUT2D eigenvalue weighted by molar-refractivity contribution is 6.06. The number of carbonyl (C=O) groups excluding carboxylic acids is 1. The molecule has 4 bridgehead atoms. The van der Waals surface area contributed by atoms with Crippen molar-refractivity contribution in [3.63, 3.8) is 0 Å². The average Bonchev–Trinajstić information content (AvgIpc) is 3.24. The van der Waals surface area contributed by atoms with Crippen LogP contribution >= 0.6 is 0 Å². The number of anilines is 3. The summed E-state index contributed by atoms with van der Waals surface area (Å²) in [6.07, 6.45) is 14.7. The molecule has 0 aliphatic heterocycles. The molecule has 2 N–H and O–H groups in total. The topological polar surface area (TPSA) is 97.6 Å². The van der Waals surface area contributed by atoms with Gasteiger partial charge in [0.25, 0.3) is 5.91 Å². The predicted molar refractivity (Wildman–Crippen MR) is 121 cm³/mol. The van der Waals surface area contributed by atoms with E-state index < -0.39 is 0 Å². The number of aromatic nitrogens is 5. The summed E-state index contributed by atoms with van der Waals surface area (Å²) in [4.78, 5) is 25.6. The van der Waals surface area contributed by atoms with Gasteiger partial charge in [0.1, 0.15) is 6.33 Å². The lowest BCUT2D eigenvalue weighted by Crippen LogP contribution is -2.52. The predicted octanol–water partition coefficient (Wildman–Crippen LogP) is 4.30. The molecule has 32 heavy (non-hydrogen) atoms. The summed E-state index contributed by atoms with van der Waals surface area (Å²) in [6, 6.07) is 5.62. The number of carbonyl (C=O) groups is 1. The molecule has 3 aromatic rings. The van der Waals surface area contributed by atoms with Crippen LogP contribution in [0.5, 0.6) is 0 Å². The van der Waals surface area contributed by atoms with E-state index in [2.05, 4.69) is 30.3 Å². The molecule has 3 heterocycles. The van der Waals surface area contributed by atoms with Gasteiger partial charge in [-0.25, -0.2) is 15.0 Å². The number of amides is 1. The summed E-state index contributed by atoms with van der Waals surface area (Å²) in [5.74, 6) is 2.81. The summed E-state index contributed by atoms with van der Waals surface area (Å²) < 4.78 is 2.15. The number of pyridine rings is 1. The Balaban J connectivity index is 1.23. The smallest absolute Gasteiger partial charge is 0.277 e. The van der Waals surface area contributed by atoms with Gasteiger partial charge in [0.05, 0.1) is 29.3 Å². The summed E-state index contributed by atoms with van der Waals surface area (Å²) in [7, 11) is 0. The zero-order valence-electron chi connectivity index (χ0n) is 18.2. The van der Waals surface area contributed by atoms with Crippen LogP contribution in [0.3, 0.4) is 0 Å². The van der Waals surface area contributed by atoms with E-state index in [0.717, 1.165) is 23.4 Å². The van der Waals surface area contributed by atoms with Crippen molar-refractivity contribution >= 4 is 23.1 Å². The summed E-state index contributed by atoms with van der Waals surface area (Å²) in [5.41, 5.74) is 2.52. The molecule has 8 nitrogen and oxygen atoms in total. The van der Waals surface area contributed by atoms with Crippen LogP contribution in [-0.2, 0) is 5.54 Å². The van der Waals surface area contributed by atoms with Crippen molar-refractivity contribution in [1.82, 2.24) is 24.7 Å². The minimum atomic E-state index is -0.288. The molecule has 0 unspecified atom stereocenters. The molecular weight excluding hydrogens is 402 g/mol. The molecule has 164 valence electrons. The van der Waals surface area contributed by atoms with Gasteiger partial charge >= 0.3 is 0 Å². The summed E-state index contributed by atoms with van der Waals surface area (Å²) in [5, 5.41) is 11.0. The summed E-state index contributed by atoms with van der Waals surface area (Å²) in [6.45, 7) is 1.87. The Hall–Kier alpha value is -3.29. The molecular formula is C24H27N7O. The van der Waals surface area contributed by atoms with Gasteiger partial charge in [-0.15, -0.1) is 0 Å². The molecule has 4 aliphatic rings. The maximum Gasteiger partial charge on any atom is 0.277 e. The van der Waals surface area contributed by atoms with E-state index in [1.807, 2.05) is 31.3 Å². The van der Waals surface area contributed by atoms with Crippen molar-refractivity contribution < 1.29 is 4.79 Å². The number of rotatable bonds is 5. The molecule has 0 spiro atoms. The van der Waals surface area contributed by atoms with Gasteiger partial charge in [0.15, 0.2) is 11.5 Å². The van der Waals surface area contributed by atoms with Crippen LogP contribution in [0.4, 0.5) is 17.2 Å². The average molecular weight is 430 g/mol. The second-order valence-corrected chi connectivity index (χ2v) is 9.84. The number of hydrogen-bond donors (Lipinski definition) is 2. The van der Waals surface area contributed by atoms with Crippen molar-refractivity contribution in [2.75, 3.05) is 10.6 Å². The van der Waals surface area contributed by atoms with Crippen LogP contribution in [0, 0.1) is 24.7 Å². The van der Waals surface area contributed by atoms with Crippen molar-refractivity contribution in [2.24, 2.45) is 17.8 Å². The largest absolute Gasteiger partial charge is 0.351 e. The molecule has 1 amide bonds. The van der Waals surface area contributed by atoms with E-state index in [9.17, 15) is 4.79 Å². The molecule has 7 rings (SSSR count). The highest BCUT2D eigenvalue weighted by Crippen LogP contribution is 2.58. The third-order valence-electron chi connectivity index (χ3n) is 7.41. The monoisotopic (exact) mass is 429 g/mol. The lowest BCUT2D eigenvalue weighted by molar-refractivity contribution is -0.0492. The number of hydrogen-bond acceptors (Lipinski definition) is 6. The third kappa shape index (κ3) is 3.43. The van der Waals surface area contributed by atoms with Gasteiger partial charge in [-0.1, -0.05) is 0 Å². The first-order chi connectivity index (χ1) is 15.6. The Morgan fingerprint density at radius 3 is 2.41 bits per heavy atom. The molecule has 0 aromatic carbocycles. The summed E-state index contributed by atoms with van der Waals surface area (Å²) >= 11 is 0. The number of nitrogens with zero attached hydrogens (tertiary/aromatic N) is 5. The van der Waals surface area contributed by atoms with Crippen LogP contribution in [-0.4, -0.2) is 30.6 Å². The fourth-order valence-electron chi connectivity index (χ4n) is 6.53. The standard InChI is InChI=1S/C24H27N7O/c1-15-2-3-20(28-19-12-25-14-26-13-19)22(27-15)23(32)29-21-4-5-31(30-21)24-9-16-6-17(10-24)8-18(7-16)11-24/h2-5,12-14,16-18,28H,6-11H2,1H3,(H,29,30,32). The van der Waals surface area contributed by atoms with Gasteiger partial charge in [-0.2, -0.15) is 5.10 Å². The van der Waals surface area contributed by atoms with Gasteiger partial charge in [-0.3, -0.25) is 9.48 Å². The normalized spacial score (nSPS) is 28.0. The first-order valence-electron chi connectivity index (χ1n) is 11.4. The molecule has 4 saturated carbocycles. The zero-order valence-corrected chi connectivity index (χ0v) is 18.2. The highest BCUT2D eigenvalue weighted by Gasteiger charge is 2.52. The van der Waals surface area contributed by atoms with E-state index in [1.54, 1.807) is 12.4 Å². The molecule has 0 saturated heterocycles. The maximum absolute atomic E-state index is 13.1. The zero-order chi connectivity index (χ0) is 21.7. The molecule has 3 aromatic heterocycles. The Bertz CT molecular complexity index is 1120. The van der Waals surface area contributed by atoms with Crippen LogP contribution in [0.1, 0.15) is 54.7 Å². The third-order valence-corrected chi connectivity index (χ3v) is 7.41. The van der Waals surface area contributed by atoms with E-state index in [4.69, 9.17) is 5.10 Å². The van der Waals surface area contributed by atoms with Gasteiger partial charge in [-0.05, 0) is 75.3 Å². The first kappa shape index (κ1) is 19.4. The molecule has 4 aliphatic carbocycles. The van der Waals surface area contributed by atoms with Crippen molar-refractivity contribution in [3.05, 3.63) is 54.5 Å².